The van der Waals surface area contributed by atoms with Crippen LogP contribution in [0.15, 0.2) is 29.2 Å². The minimum Gasteiger partial charge on any atom is -0.456 e. The maximum Gasteiger partial charge on any atom is 0.306 e. The molecule has 0 radical (unpaired) electrons. The number of rotatable bonds is 8. The number of esters is 1. The molecule has 2 fully saturated rings. The number of amides is 1. The monoisotopic (exact) mass is 452 g/mol. The molecule has 3 rings (SSSR count). The maximum absolute atomic E-state index is 12.6. The van der Waals surface area contributed by atoms with Crippen molar-refractivity contribution in [3.05, 3.63) is 29.8 Å². The highest BCUT2D eigenvalue weighted by Crippen LogP contribution is 2.22. The zero-order chi connectivity index (χ0) is 22.3. The van der Waals surface area contributed by atoms with Crippen LogP contribution in [-0.4, -0.2) is 75.5 Å². The predicted molar refractivity (Wildman–Crippen MR) is 115 cm³/mol. The van der Waals surface area contributed by atoms with Crippen molar-refractivity contribution in [1.29, 1.82) is 0 Å². The summed E-state index contributed by atoms with van der Waals surface area (Å²) in [6.45, 7) is 1.27. The summed E-state index contributed by atoms with van der Waals surface area (Å²) in [5.41, 5.74) is 0.837. The van der Waals surface area contributed by atoms with Crippen molar-refractivity contribution in [3.63, 3.8) is 0 Å². The van der Waals surface area contributed by atoms with Gasteiger partial charge in [0.1, 0.15) is 0 Å². The number of likely N-dealkylation sites (N-methyl/N-ethyl adjacent to an activating group) is 1. The van der Waals surface area contributed by atoms with E-state index in [1.807, 2.05) is 0 Å². The number of hydrogen-bond donors (Lipinski definition) is 0. The third-order valence-electron chi connectivity index (χ3n) is 6.02. The van der Waals surface area contributed by atoms with Crippen LogP contribution in [0.2, 0.25) is 0 Å². The standard InChI is InChI=1S/C22H32N2O6S/c1-23(19-5-3-2-4-6-19)21(25)17-30-22(26)12-9-18-7-10-20(11-8-18)31(27,28)24-13-15-29-16-14-24/h7-8,10-11,19H,2-6,9,12-17H2,1H3. The normalized spacial score (nSPS) is 18.5. The van der Waals surface area contributed by atoms with Crippen molar-refractivity contribution in [2.45, 2.75) is 55.9 Å². The van der Waals surface area contributed by atoms with Gasteiger partial charge in [0.2, 0.25) is 10.0 Å². The van der Waals surface area contributed by atoms with E-state index in [1.54, 1.807) is 36.2 Å². The van der Waals surface area contributed by atoms with Gasteiger partial charge in [-0.2, -0.15) is 4.31 Å². The van der Waals surface area contributed by atoms with E-state index in [4.69, 9.17) is 9.47 Å². The predicted octanol–water partition coefficient (Wildman–Crippen LogP) is 1.97. The number of carbonyl (C=O) groups is 2. The number of carbonyl (C=O) groups excluding carboxylic acids is 2. The third-order valence-corrected chi connectivity index (χ3v) is 7.93. The molecule has 1 saturated heterocycles. The lowest BCUT2D eigenvalue weighted by Crippen LogP contribution is -2.40. The van der Waals surface area contributed by atoms with E-state index in [-0.39, 0.29) is 29.9 Å². The van der Waals surface area contributed by atoms with Gasteiger partial charge in [-0.15, -0.1) is 0 Å². The largest absolute Gasteiger partial charge is 0.456 e. The SMILES string of the molecule is CN(C(=O)COC(=O)CCc1ccc(S(=O)(=O)N2CCOCC2)cc1)C1CCCCC1. The average molecular weight is 453 g/mol. The summed E-state index contributed by atoms with van der Waals surface area (Å²) in [5.74, 6) is -0.603. The summed E-state index contributed by atoms with van der Waals surface area (Å²) >= 11 is 0. The molecule has 1 aromatic rings. The fourth-order valence-corrected chi connectivity index (χ4v) is 5.41. The van der Waals surface area contributed by atoms with Crippen LogP contribution < -0.4 is 0 Å². The Morgan fingerprint density at radius 1 is 1.10 bits per heavy atom. The maximum atomic E-state index is 12.6. The molecule has 0 unspecified atom stereocenters. The van der Waals surface area contributed by atoms with Crippen LogP contribution >= 0.6 is 0 Å². The second-order valence-corrected chi connectivity index (χ2v) is 10.1. The molecule has 0 bridgehead atoms. The summed E-state index contributed by atoms with van der Waals surface area (Å²) in [7, 11) is -1.75. The lowest BCUT2D eigenvalue weighted by atomic mass is 9.94. The fourth-order valence-electron chi connectivity index (χ4n) is 4.00. The minimum absolute atomic E-state index is 0.135. The first-order chi connectivity index (χ1) is 14.9. The van der Waals surface area contributed by atoms with E-state index in [2.05, 4.69) is 0 Å². The Morgan fingerprint density at radius 3 is 2.39 bits per heavy atom. The second kappa shape index (κ2) is 11.1. The Kier molecular flexibility index (Phi) is 8.45. The van der Waals surface area contributed by atoms with Crippen LogP contribution in [0.5, 0.6) is 0 Å². The van der Waals surface area contributed by atoms with Crippen LogP contribution in [-0.2, 0) is 35.5 Å². The minimum atomic E-state index is -3.53. The van der Waals surface area contributed by atoms with Crippen molar-refractivity contribution >= 4 is 21.9 Å². The Balaban J connectivity index is 1.43. The molecule has 1 aromatic carbocycles. The van der Waals surface area contributed by atoms with E-state index < -0.39 is 16.0 Å². The van der Waals surface area contributed by atoms with Gasteiger partial charge < -0.3 is 14.4 Å². The first-order valence-electron chi connectivity index (χ1n) is 11.0. The molecule has 2 aliphatic rings. The number of hydrogen-bond acceptors (Lipinski definition) is 6. The van der Waals surface area contributed by atoms with Gasteiger partial charge in [-0.3, -0.25) is 9.59 Å². The summed E-state index contributed by atoms with van der Waals surface area (Å²) in [6.07, 6.45) is 6.05. The van der Waals surface area contributed by atoms with Gasteiger partial charge in [0.25, 0.3) is 5.91 Å². The third kappa shape index (κ3) is 6.51. The van der Waals surface area contributed by atoms with Gasteiger partial charge in [-0.1, -0.05) is 31.4 Å². The van der Waals surface area contributed by atoms with Gasteiger partial charge in [-0.05, 0) is 37.0 Å². The zero-order valence-electron chi connectivity index (χ0n) is 18.1. The number of nitrogens with zero attached hydrogens (tertiary/aromatic N) is 2. The molecule has 31 heavy (non-hydrogen) atoms. The Bertz CT molecular complexity index is 843. The quantitative estimate of drug-likeness (QED) is 0.560. The Morgan fingerprint density at radius 2 is 1.74 bits per heavy atom. The van der Waals surface area contributed by atoms with Crippen molar-refractivity contribution in [1.82, 2.24) is 9.21 Å². The van der Waals surface area contributed by atoms with Crippen molar-refractivity contribution < 1.29 is 27.5 Å². The molecular weight excluding hydrogens is 420 g/mol. The van der Waals surface area contributed by atoms with Gasteiger partial charge in [0.05, 0.1) is 18.1 Å². The first-order valence-corrected chi connectivity index (χ1v) is 12.4. The van der Waals surface area contributed by atoms with Crippen LogP contribution in [0, 0.1) is 0 Å². The van der Waals surface area contributed by atoms with E-state index >= 15 is 0 Å². The summed E-state index contributed by atoms with van der Waals surface area (Å²) in [5, 5.41) is 0. The summed E-state index contributed by atoms with van der Waals surface area (Å²) in [6, 6.07) is 6.79. The van der Waals surface area contributed by atoms with E-state index in [9.17, 15) is 18.0 Å². The van der Waals surface area contributed by atoms with Gasteiger partial charge >= 0.3 is 5.97 Å². The van der Waals surface area contributed by atoms with Crippen LogP contribution in [0.1, 0.15) is 44.1 Å². The highest BCUT2D eigenvalue weighted by atomic mass is 32.2. The fraction of sp³-hybridized carbons (Fsp3) is 0.636. The smallest absolute Gasteiger partial charge is 0.306 e. The van der Waals surface area contributed by atoms with Gasteiger partial charge in [0, 0.05) is 32.6 Å². The molecule has 0 atom stereocenters. The Labute approximate surface area is 184 Å². The van der Waals surface area contributed by atoms with Crippen LogP contribution in [0.4, 0.5) is 0 Å². The van der Waals surface area contributed by atoms with Crippen LogP contribution in [0.3, 0.4) is 0 Å². The topological polar surface area (TPSA) is 93.2 Å². The molecule has 1 heterocycles. The molecule has 1 saturated carbocycles. The molecule has 9 heteroatoms. The molecule has 0 N–H and O–H groups in total. The number of ether oxygens (including phenoxy) is 2. The highest BCUT2D eigenvalue weighted by molar-refractivity contribution is 7.89. The van der Waals surface area contributed by atoms with Gasteiger partial charge in [-0.25, -0.2) is 8.42 Å². The molecule has 1 aliphatic heterocycles. The number of benzene rings is 1. The lowest BCUT2D eigenvalue weighted by Gasteiger charge is -2.31. The van der Waals surface area contributed by atoms with E-state index in [0.717, 1.165) is 31.2 Å². The van der Waals surface area contributed by atoms with Crippen molar-refractivity contribution in [2.75, 3.05) is 40.0 Å². The summed E-state index contributed by atoms with van der Waals surface area (Å²) in [4.78, 5) is 26.2. The zero-order valence-corrected chi connectivity index (χ0v) is 18.9. The van der Waals surface area contributed by atoms with Crippen molar-refractivity contribution in [2.24, 2.45) is 0 Å². The second-order valence-electron chi connectivity index (χ2n) is 8.12. The Hall–Kier alpha value is -1.97. The molecular formula is C22H32N2O6S. The average Bonchev–Trinajstić information content (AvgIpc) is 2.82. The highest BCUT2D eigenvalue weighted by Gasteiger charge is 2.26. The number of aryl methyl sites for hydroxylation is 1. The summed E-state index contributed by atoms with van der Waals surface area (Å²) < 4.78 is 37.1. The van der Waals surface area contributed by atoms with E-state index in [1.165, 1.54) is 10.7 Å². The van der Waals surface area contributed by atoms with Crippen LogP contribution in [0.25, 0.3) is 0 Å². The van der Waals surface area contributed by atoms with Gasteiger partial charge in [0.15, 0.2) is 6.61 Å². The molecule has 8 nitrogen and oxygen atoms in total. The molecule has 1 amide bonds. The molecule has 1 aliphatic carbocycles. The molecule has 0 aromatic heterocycles. The van der Waals surface area contributed by atoms with Crippen molar-refractivity contribution in [3.8, 4) is 0 Å². The molecule has 172 valence electrons. The first kappa shape index (κ1) is 23.7. The molecule has 0 spiro atoms. The number of sulfonamides is 1. The number of morpholine rings is 1. The lowest BCUT2D eigenvalue weighted by molar-refractivity contribution is -0.152. The van der Waals surface area contributed by atoms with E-state index in [0.29, 0.717) is 32.7 Å².